The summed E-state index contributed by atoms with van der Waals surface area (Å²) in [5.74, 6) is 0. The molecule has 0 saturated heterocycles. The average molecular weight is 268 g/mol. The molecule has 20 heavy (non-hydrogen) atoms. The predicted molar refractivity (Wildman–Crippen MR) is 85.6 cm³/mol. The van der Waals surface area contributed by atoms with E-state index in [1.54, 1.807) is 0 Å². The standard InChI is InChI=1S/C18H24N2/c1-3-20(2)18(16-12-8-5-9-13-16)17(19)14-15-10-6-4-7-11-15/h4-13,17-18H,3,14,19H2,1-2H3. The van der Waals surface area contributed by atoms with Crippen LogP contribution in [-0.2, 0) is 6.42 Å². The van der Waals surface area contributed by atoms with Gasteiger partial charge in [-0.1, -0.05) is 67.6 Å². The highest BCUT2D eigenvalue weighted by atomic mass is 15.1. The Morgan fingerprint density at radius 2 is 1.50 bits per heavy atom. The van der Waals surface area contributed by atoms with E-state index in [9.17, 15) is 0 Å². The monoisotopic (exact) mass is 268 g/mol. The third-order valence-corrected chi connectivity index (χ3v) is 3.83. The lowest BCUT2D eigenvalue weighted by atomic mass is 9.93. The zero-order valence-electron chi connectivity index (χ0n) is 12.4. The second-order valence-corrected chi connectivity index (χ2v) is 5.28. The highest BCUT2D eigenvalue weighted by Crippen LogP contribution is 2.24. The van der Waals surface area contributed by atoms with Gasteiger partial charge in [0.05, 0.1) is 0 Å². The number of rotatable bonds is 6. The summed E-state index contributed by atoms with van der Waals surface area (Å²) in [7, 11) is 2.14. The molecule has 0 aliphatic heterocycles. The molecule has 2 heteroatoms. The third kappa shape index (κ3) is 3.69. The first kappa shape index (κ1) is 14.8. The molecule has 106 valence electrons. The van der Waals surface area contributed by atoms with Gasteiger partial charge in [-0.25, -0.2) is 0 Å². The van der Waals surface area contributed by atoms with Gasteiger partial charge in [0.2, 0.25) is 0 Å². The molecule has 0 radical (unpaired) electrons. The van der Waals surface area contributed by atoms with Crippen LogP contribution < -0.4 is 5.73 Å². The number of hydrogen-bond acceptors (Lipinski definition) is 2. The van der Waals surface area contributed by atoms with Gasteiger partial charge >= 0.3 is 0 Å². The smallest absolute Gasteiger partial charge is 0.0499 e. The molecule has 2 rings (SSSR count). The second kappa shape index (κ2) is 7.22. The Balaban J connectivity index is 2.19. The van der Waals surface area contributed by atoms with E-state index in [-0.39, 0.29) is 12.1 Å². The normalized spacial score (nSPS) is 14.2. The number of benzene rings is 2. The SMILES string of the molecule is CCN(C)C(c1ccccc1)C(N)Cc1ccccc1. The highest BCUT2D eigenvalue weighted by Gasteiger charge is 2.23. The molecule has 2 nitrogen and oxygen atoms in total. The molecule has 0 aromatic heterocycles. The Hall–Kier alpha value is -1.64. The van der Waals surface area contributed by atoms with Gasteiger partial charge in [-0.15, -0.1) is 0 Å². The molecular formula is C18H24N2. The topological polar surface area (TPSA) is 29.3 Å². The van der Waals surface area contributed by atoms with Crippen LogP contribution in [0.15, 0.2) is 60.7 Å². The zero-order valence-corrected chi connectivity index (χ0v) is 12.4. The zero-order chi connectivity index (χ0) is 14.4. The van der Waals surface area contributed by atoms with Crippen LogP contribution in [0.5, 0.6) is 0 Å². The van der Waals surface area contributed by atoms with Gasteiger partial charge < -0.3 is 5.73 Å². The number of hydrogen-bond donors (Lipinski definition) is 1. The maximum atomic E-state index is 6.52. The van der Waals surface area contributed by atoms with Crippen LogP contribution in [0.1, 0.15) is 24.1 Å². The van der Waals surface area contributed by atoms with Crippen LogP contribution in [0.4, 0.5) is 0 Å². The summed E-state index contributed by atoms with van der Waals surface area (Å²) in [5, 5.41) is 0. The van der Waals surface area contributed by atoms with Crippen LogP contribution in [0.3, 0.4) is 0 Å². The summed E-state index contributed by atoms with van der Waals surface area (Å²) >= 11 is 0. The first-order valence-corrected chi connectivity index (χ1v) is 7.27. The van der Waals surface area contributed by atoms with Crippen molar-refractivity contribution in [3.8, 4) is 0 Å². The quantitative estimate of drug-likeness (QED) is 0.871. The van der Waals surface area contributed by atoms with E-state index >= 15 is 0 Å². The molecular weight excluding hydrogens is 244 g/mol. The molecule has 0 fully saturated rings. The Kier molecular flexibility index (Phi) is 5.33. The van der Waals surface area contributed by atoms with Crippen molar-refractivity contribution in [1.29, 1.82) is 0 Å². The van der Waals surface area contributed by atoms with Crippen molar-refractivity contribution in [3.63, 3.8) is 0 Å². The predicted octanol–water partition coefficient (Wildman–Crippen LogP) is 3.25. The summed E-state index contributed by atoms with van der Waals surface area (Å²) < 4.78 is 0. The van der Waals surface area contributed by atoms with Gasteiger partial charge in [-0.05, 0) is 31.1 Å². The van der Waals surface area contributed by atoms with Crippen molar-refractivity contribution in [3.05, 3.63) is 71.8 Å². The lowest BCUT2D eigenvalue weighted by Crippen LogP contribution is -2.40. The molecule has 0 heterocycles. The Bertz CT molecular complexity index is 495. The fourth-order valence-corrected chi connectivity index (χ4v) is 2.67. The molecule has 0 aliphatic rings. The van der Waals surface area contributed by atoms with Crippen LogP contribution in [0.25, 0.3) is 0 Å². The number of likely N-dealkylation sites (N-methyl/N-ethyl adjacent to an activating group) is 1. The molecule has 2 unspecified atom stereocenters. The number of nitrogens with two attached hydrogens (primary N) is 1. The van der Waals surface area contributed by atoms with E-state index in [0.717, 1.165) is 13.0 Å². The van der Waals surface area contributed by atoms with Crippen molar-refractivity contribution in [2.45, 2.75) is 25.4 Å². The largest absolute Gasteiger partial charge is 0.326 e. The fraction of sp³-hybridized carbons (Fsp3) is 0.333. The van der Waals surface area contributed by atoms with Crippen molar-refractivity contribution in [2.24, 2.45) is 5.73 Å². The Morgan fingerprint density at radius 3 is 2.05 bits per heavy atom. The average Bonchev–Trinajstić information content (AvgIpc) is 2.49. The Morgan fingerprint density at radius 1 is 0.950 bits per heavy atom. The number of nitrogens with zero attached hydrogens (tertiary/aromatic N) is 1. The van der Waals surface area contributed by atoms with Gasteiger partial charge in [0, 0.05) is 12.1 Å². The van der Waals surface area contributed by atoms with E-state index in [0.29, 0.717) is 0 Å². The van der Waals surface area contributed by atoms with Gasteiger partial charge in [0.25, 0.3) is 0 Å². The molecule has 2 atom stereocenters. The van der Waals surface area contributed by atoms with Crippen LogP contribution >= 0.6 is 0 Å². The van der Waals surface area contributed by atoms with Crippen molar-refractivity contribution >= 4 is 0 Å². The third-order valence-electron chi connectivity index (χ3n) is 3.83. The first-order valence-electron chi connectivity index (χ1n) is 7.27. The van der Waals surface area contributed by atoms with E-state index < -0.39 is 0 Å². The molecule has 0 aliphatic carbocycles. The summed E-state index contributed by atoms with van der Waals surface area (Å²) in [5.41, 5.74) is 9.11. The maximum absolute atomic E-state index is 6.52. The van der Waals surface area contributed by atoms with Crippen molar-refractivity contribution in [1.82, 2.24) is 4.90 Å². The Labute approximate surface area is 122 Å². The molecule has 2 aromatic carbocycles. The van der Waals surface area contributed by atoms with Gasteiger partial charge in [-0.3, -0.25) is 4.90 Å². The van der Waals surface area contributed by atoms with Crippen LogP contribution in [0, 0.1) is 0 Å². The first-order chi connectivity index (χ1) is 9.72. The van der Waals surface area contributed by atoms with Gasteiger partial charge in [0.1, 0.15) is 0 Å². The molecule has 0 spiro atoms. The fourth-order valence-electron chi connectivity index (χ4n) is 2.67. The summed E-state index contributed by atoms with van der Waals surface area (Å²) in [6, 6.07) is 21.4. The summed E-state index contributed by atoms with van der Waals surface area (Å²) in [4.78, 5) is 2.32. The van der Waals surface area contributed by atoms with Crippen LogP contribution in [0.2, 0.25) is 0 Å². The second-order valence-electron chi connectivity index (χ2n) is 5.28. The minimum absolute atomic E-state index is 0.0877. The lowest BCUT2D eigenvalue weighted by Gasteiger charge is -2.32. The highest BCUT2D eigenvalue weighted by molar-refractivity contribution is 5.23. The summed E-state index contributed by atoms with van der Waals surface area (Å²) in [6.45, 7) is 3.16. The minimum atomic E-state index is 0.0877. The lowest BCUT2D eigenvalue weighted by molar-refractivity contribution is 0.222. The minimum Gasteiger partial charge on any atom is -0.326 e. The van der Waals surface area contributed by atoms with Gasteiger partial charge in [0.15, 0.2) is 0 Å². The van der Waals surface area contributed by atoms with E-state index in [1.165, 1.54) is 11.1 Å². The van der Waals surface area contributed by atoms with Crippen molar-refractivity contribution in [2.75, 3.05) is 13.6 Å². The van der Waals surface area contributed by atoms with Crippen LogP contribution in [-0.4, -0.2) is 24.5 Å². The molecule has 2 N–H and O–H groups in total. The van der Waals surface area contributed by atoms with Crippen molar-refractivity contribution < 1.29 is 0 Å². The van der Waals surface area contributed by atoms with E-state index in [2.05, 4.69) is 73.5 Å². The van der Waals surface area contributed by atoms with E-state index in [1.807, 2.05) is 6.07 Å². The van der Waals surface area contributed by atoms with Gasteiger partial charge in [-0.2, -0.15) is 0 Å². The molecule has 2 aromatic rings. The molecule has 0 bridgehead atoms. The maximum Gasteiger partial charge on any atom is 0.0499 e. The molecule has 0 saturated carbocycles. The summed E-state index contributed by atoms with van der Waals surface area (Å²) in [6.07, 6.45) is 0.894. The molecule has 0 amide bonds. The van der Waals surface area contributed by atoms with E-state index in [4.69, 9.17) is 5.73 Å².